The highest BCUT2D eigenvalue weighted by molar-refractivity contribution is 7.16. The molecule has 0 atom stereocenters. The summed E-state index contributed by atoms with van der Waals surface area (Å²) in [5.74, 6) is 0. The van der Waals surface area contributed by atoms with Gasteiger partial charge in [-0.3, -0.25) is 4.90 Å². The molecule has 1 N–H and O–H groups in total. The summed E-state index contributed by atoms with van der Waals surface area (Å²) in [5, 5.41) is 3.33. The van der Waals surface area contributed by atoms with Crippen LogP contribution in [0.1, 0.15) is 18.2 Å². The van der Waals surface area contributed by atoms with E-state index in [0.29, 0.717) is 0 Å². The molecule has 0 radical (unpaired) electrons. The second-order valence-electron chi connectivity index (χ2n) is 3.99. The zero-order valence-corrected chi connectivity index (χ0v) is 10.6. The number of hydrogen-bond donors (Lipinski definition) is 1. The molecule has 1 aromatic heterocycles. The van der Waals surface area contributed by atoms with E-state index in [4.69, 9.17) is 11.6 Å². The first-order chi connectivity index (χ1) is 7.29. The normalized spacial score (nSPS) is 17.0. The molecule has 84 valence electrons. The first-order valence-electron chi connectivity index (χ1n) is 5.48. The monoisotopic (exact) mass is 244 g/mol. The molecule has 2 nitrogen and oxygen atoms in total. The second kappa shape index (κ2) is 5.30. The lowest BCUT2D eigenvalue weighted by Crippen LogP contribution is -2.56. The third-order valence-electron chi connectivity index (χ3n) is 2.77. The maximum absolute atomic E-state index is 5.94. The lowest BCUT2D eigenvalue weighted by atomic mass is 10.1. The summed E-state index contributed by atoms with van der Waals surface area (Å²) >= 11 is 7.63. The fourth-order valence-corrected chi connectivity index (χ4v) is 2.96. The second-order valence-corrected chi connectivity index (χ2v) is 5.79. The molecular formula is C11H17ClN2S. The molecule has 1 fully saturated rings. The Kier molecular flexibility index (Phi) is 4.03. The number of nitrogens with zero attached hydrogens (tertiary/aromatic N) is 1. The van der Waals surface area contributed by atoms with Crippen molar-refractivity contribution in [3.8, 4) is 0 Å². The molecule has 15 heavy (non-hydrogen) atoms. The summed E-state index contributed by atoms with van der Waals surface area (Å²) < 4.78 is 0.896. The van der Waals surface area contributed by atoms with Crippen LogP contribution in [0.25, 0.3) is 0 Å². The summed E-state index contributed by atoms with van der Waals surface area (Å²) in [6.07, 6.45) is 1.22. The van der Waals surface area contributed by atoms with Gasteiger partial charge in [0, 0.05) is 30.6 Å². The molecule has 0 saturated carbocycles. The van der Waals surface area contributed by atoms with Gasteiger partial charge in [0.2, 0.25) is 0 Å². The van der Waals surface area contributed by atoms with Crippen LogP contribution in [0.5, 0.6) is 0 Å². The summed E-state index contributed by atoms with van der Waals surface area (Å²) in [4.78, 5) is 3.93. The van der Waals surface area contributed by atoms with Crippen LogP contribution in [0.3, 0.4) is 0 Å². The molecule has 1 aromatic rings. The van der Waals surface area contributed by atoms with E-state index in [1.165, 1.54) is 17.8 Å². The quantitative estimate of drug-likeness (QED) is 0.857. The van der Waals surface area contributed by atoms with E-state index in [1.807, 2.05) is 6.07 Å². The largest absolute Gasteiger partial charge is 0.314 e. The Bertz CT molecular complexity index is 309. The van der Waals surface area contributed by atoms with Crippen molar-refractivity contribution in [2.45, 2.75) is 25.9 Å². The first-order valence-corrected chi connectivity index (χ1v) is 6.68. The number of rotatable bonds is 5. The van der Waals surface area contributed by atoms with Crippen molar-refractivity contribution < 1.29 is 0 Å². The number of thiophene rings is 1. The summed E-state index contributed by atoms with van der Waals surface area (Å²) in [6.45, 7) is 6.75. The zero-order chi connectivity index (χ0) is 10.7. The van der Waals surface area contributed by atoms with Gasteiger partial charge >= 0.3 is 0 Å². The van der Waals surface area contributed by atoms with Crippen molar-refractivity contribution in [1.82, 2.24) is 10.2 Å². The van der Waals surface area contributed by atoms with Gasteiger partial charge in [-0.25, -0.2) is 0 Å². The van der Waals surface area contributed by atoms with Crippen molar-refractivity contribution in [3.63, 3.8) is 0 Å². The van der Waals surface area contributed by atoms with Crippen molar-refractivity contribution >= 4 is 22.9 Å². The molecule has 0 bridgehead atoms. The van der Waals surface area contributed by atoms with Gasteiger partial charge in [-0.2, -0.15) is 0 Å². The van der Waals surface area contributed by atoms with Gasteiger partial charge in [0.1, 0.15) is 0 Å². The van der Waals surface area contributed by atoms with Gasteiger partial charge in [0.05, 0.1) is 4.34 Å². The fourth-order valence-electron chi connectivity index (χ4n) is 1.85. The minimum absolute atomic E-state index is 0.728. The van der Waals surface area contributed by atoms with Crippen LogP contribution in [0.2, 0.25) is 4.34 Å². The van der Waals surface area contributed by atoms with Gasteiger partial charge in [-0.15, -0.1) is 11.3 Å². The Balaban J connectivity index is 1.93. The maximum atomic E-state index is 5.94. The van der Waals surface area contributed by atoms with Crippen LogP contribution in [-0.4, -0.2) is 30.6 Å². The zero-order valence-electron chi connectivity index (χ0n) is 9.00. The van der Waals surface area contributed by atoms with Crippen LogP contribution in [-0.2, 0) is 6.54 Å². The molecule has 0 amide bonds. The predicted octanol–water partition coefficient (Wildman–Crippen LogP) is 2.59. The topological polar surface area (TPSA) is 15.3 Å². The number of halogens is 1. The molecule has 0 spiro atoms. The molecule has 1 saturated heterocycles. The number of hydrogen-bond acceptors (Lipinski definition) is 3. The summed E-state index contributed by atoms with van der Waals surface area (Å²) in [7, 11) is 0. The lowest BCUT2D eigenvalue weighted by molar-refractivity contribution is 0.139. The Morgan fingerprint density at radius 3 is 2.80 bits per heavy atom. The first kappa shape index (κ1) is 11.4. The lowest BCUT2D eigenvalue weighted by Gasteiger charge is -2.37. The van der Waals surface area contributed by atoms with Crippen molar-refractivity contribution in [2.75, 3.05) is 19.6 Å². The third-order valence-corrected chi connectivity index (χ3v) is 3.99. The molecule has 1 aliphatic heterocycles. The molecular weight excluding hydrogens is 228 g/mol. The standard InChI is InChI=1S/C11H17ClN2S/c1-2-5-14(9-6-13-7-9)8-10-3-4-11(12)15-10/h3-4,9,13H,2,5-8H2,1H3. The fraction of sp³-hybridized carbons (Fsp3) is 0.636. The van der Waals surface area contributed by atoms with E-state index in [2.05, 4.69) is 23.2 Å². The summed E-state index contributed by atoms with van der Waals surface area (Å²) in [5.41, 5.74) is 0. The highest BCUT2D eigenvalue weighted by Crippen LogP contribution is 2.23. The van der Waals surface area contributed by atoms with Crippen LogP contribution < -0.4 is 5.32 Å². The Hall–Kier alpha value is -0.0900. The third kappa shape index (κ3) is 2.94. The Labute approximate surface area is 100 Å². The van der Waals surface area contributed by atoms with Gasteiger partial charge in [0.25, 0.3) is 0 Å². The molecule has 4 heteroatoms. The van der Waals surface area contributed by atoms with Crippen LogP contribution >= 0.6 is 22.9 Å². The van der Waals surface area contributed by atoms with Gasteiger partial charge in [-0.1, -0.05) is 18.5 Å². The molecule has 1 aliphatic rings. The van der Waals surface area contributed by atoms with Crippen molar-refractivity contribution in [3.05, 3.63) is 21.3 Å². The van der Waals surface area contributed by atoms with Crippen LogP contribution in [0.4, 0.5) is 0 Å². The Morgan fingerprint density at radius 2 is 2.33 bits per heavy atom. The van der Waals surface area contributed by atoms with Crippen molar-refractivity contribution in [1.29, 1.82) is 0 Å². The Morgan fingerprint density at radius 1 is 1.53 bits per heavy atom. The molecule has 2 heterocycles. The van der Waals surface area contributed by atoms with Crippen molar-refractivity contribution in [2.24, 2.45) is 0 Å². The molecule has 0 aliphatic carbocycles. The van der Waals surface area contributed by atoms with E-state index in [9.17, 15) is 0 Å². The average Bonchev–Trinajstić information content (AvgIpc) is 2.48. The molecule has 0 aromatic carbocycles. The van der Waals surface area contributed by atoms with E-state index in [0.717, 1.165) is 30.0 Å². The number of nitrogens with one attached hydrogen (secondary N) is 1. The van der Waals surface area contributed by atoms with Crippen LogP contribution in [0.15, 0.2) is 12.1 Å². The minimum atomic E-state index is 0.728. The SMILES string of the molecule is CCCN(Cc1ccc(Cl)s1)C1CNC1. The predicted molar refractivity (Wildman–Crippen MR) is 66.7 cm³/mol. The van der Waals surface area contributed by atoms with E-state index < -0.39 is 0 Å². The van der Waals surface area contributed by atoms with Gasteiger partial charge in [0.15, 0.2) is 0 Å². The van der Waals surface area contributed by atoms with E-state index in [-0.39, 0.29) is 0 Å². The molecule has 0 unspecified atom stereocenters. The minimum Gasteiger partial charge on any atom is -0.314 e. The maximum Gasteiger partial charge on any atom is 0.0931 e. The average molecular weight is 245 g/mol. The van der Waals surface area contributed by atoms with Gasteiger partial charge < -0.3 is 5.32 Å². The highest BCUT2D eigenvalue weighted by Gasteiger charge is 2.24. The van der Waals surface area contributed by atoms with Crippen LogP contribution in [0, 0.1) is 0 Å². The molecule has 2 rings (SSSR count). The smallest absolute Gasteiger partial charge is 0.0931 e. The van der Waals surface area contributed by atoms with E-state index >= 15 is 0 Å². The van der Waals surface area contributed by atoms with E-state index in [1.54, 1.807) is 11.3 Å². The highest BCUT2D eigenvalue weighted by atomic mass is 35.5. The summed E-state index contributed by atoms with van der Waals surface area (Å²) in [6, 6.07) is 4.86. The van der Waals surface area contributed by atoms with Gasteiger partial charge in [-0.05, 0) is 25.1 Å².